The average molecular weight is 526 g/mol. The molecule has 1 atom stereocenters. The van der Waals surface area contributed by atoms with Crippen molar-refractivity contribution in [3.05, 3.63) is 72.9 Å². The van der Waals surface area contributed by atoms with E-state index in [0.29, 0.717) is 41.9 Å². The summed E-state index contributed by atoms with van der Waals surface area (Å²) in [6, 6.07) is 11.4. The van der Waals surface area contributed by atoms with E-state index < -0.39 is 0 Å². The smallest absolute Gasteiger partial charge is 0.162 e. The van der Waals surface area contributed by atoms with Gasteiger partial charge in [0.15, 0.2) is 11.5 Å². The summed E-state index contributed by atoms with van der Waals surface area (Å²) in [5.41, 5.74) is 16.0. The predicted molar refractivity (Wildman–Crippen MR) is 152 cm³/mol. The fourth-order valence-corrected chi connectivity index (χ4v) is 4.57. The van der Waals surface area contributed by atoms with Crippen LogP contribution in [0.5, 0.6) is 17.2 Å². The molecule has 200 valence electrons. The number of hydrogen-bond donors (Lipinski definition) is 2. The van der Waals surface area contributed by atoms with Crippen molar-refractivity contribution in [1.29, 1.82) is 0 Å². The van der Waals surface area contributed by atoms with Crippen LogP contribution < -0.4 is 25.7 Å². The van der Waals surface area contributed by atoms with Crippen LogP contribution in [-0.2, 0) is 6.54 Å². The van der Waals surface area contributed by atoms with Crippen molar-refractivity contribution in [3.8, 4) is 28.5 Å². The Labute approximate surface area is 226 Å². The zero-order chi connectivity index (χ0) is 27.4. The van der Waals surface area contributed by atoms with E-state index in [4.69, 9.17) is 25.7 Å². The summed E-state index contributed by atoms with van der Waals surface area (Å²) < 4.78 is 16.9. The first-order chi connectivity index (χ1) is 18.9. The standard InChI is InChI=1S/C29H31N7O3/c1-36(15-18-5-4-6-32-11-18)16-20(30)17-39-21-7-19(12-33-13-21)25-8-22-23-9-27(37-2)28(38-3)10-26(23)34-14-24(22)29(31)35-25/h4-14,20H,15-17,30H2,1-3H3,(H2,31,35)/t20-/m0/s1. The van der Waals surface area contributed by atoms with Gasteiger partial charge in [0.2, 0.25) is 0 Å². The highest BCUT2D eigenvalue weighted by Gasteiger charge is 2.14. The fourth-order valence-electron chi connectivity index (χ4n) is 4.57. The third kappa shape index (κ3) is 5.82. The molecule has 5 aromatic rings. The summed E-state index contributed by atoms with van der Waals surface area (Å²) in [6.45, 7) is 1.77. The van der Waals surface area contributed by atoms with Crippen molar-refractivity contribution < 1.29 is 14.2 Å². The first kappa shape index (κ1) is 26.1. The number of aromatic nitrogens is 4. The Kier molecular flexibility index (Phi) is 7.67. The number of rotatable bonds is 10. The van der Waals surface area contributed by atoms with Gasteiger partial charge in [-0.15, -0.1) is 0 Å². The molecule has 0 saturated carbocycles. The lowest BCUT2D eigenvalue weighted by Crippen LogP contribution is -2.39. The van der Waals surface area contributed by atoms with Crippen molar-refractivity contribution >= 4 is 27.5 Å². The minimum absolute atomic E-state index is 0.185. The van der Waals surface area contributed by atoms with Crippen LogP contribution in [-0.4, -0.2) is 65.3 Å². The second kappa shape index (κ2) is 11.5. The van der Waals surface area contributed by atoms with Gasteiger partial charge in [-0.25, -0.2) is 4.98 Å². The molecular weight excluding hydrogens is 494 g/mol. The van der Waals surface area contributed by atoms with Crippen LogP contribution >= 0.6 is 0 Å². The Hall–Kier alpha value is -4.54. The summed E-state index contributed by atoms with van der Waals surface area (Å²) in [7, 11) is 5.22. The van der Waals surface area contributed by atoms with E-state index in [2.05, 4.69) is 24.8 Å². The Morgan fingerprint density at radius 1 is 0.923 bits per heavy atom. The normalized spacial score (nSPS) is 12.1. The van der Waals surface area contributed by atoms with Crippen LogP contribution in [0.4, 0.5) is 5.82 Å². The summed E-state index contributed by atoms with van der Waals surface area (Å²) in [5, 5.41) is 2.52. The Morgan fingerprint density at radius 2 is 1.74 bits per heavy atom. The predicted octanol–water partition coefficient (Wildman–Crippen LogP) is 3.68. The summed E-state index contributed by atoms with van der Waals surface area (Å²) in [4.78, 5) is 19.8. The molecule has 5 rings (SSSR count). The molecule has 0 aliphatic heterocycles. The quantitative estimate of drug-likeness (QED) is 0.260. The topological polar surface area (TPSA) is 135 Å². The van der Waals surface area contributed by atoms with E-state index >= 15 is 0 Å². The van der Waals surface area contributed by atoms with Crippen molar-refractivity contribution in [2.75, 3.05) is 40.2 Å². The van der Waals surface area contributed by atoms with Gasteiger partial charge in [-0.1, -0.05) is 6.07 Å². The van der Waals surface area contributed by atoms with Gasteiger partial charge in [0.1, 0.15) is 18.2 Å². The summed E-state index contributed by atoms with van der Waals surface area (Å²) in [5.74, 6) is 2.19. The SMILES string of the molecule is COc1cc2ncc3c(N)nc(-c4cncc(OC[C@@H](N)CN(C)Cc5cccnc5)c4)cc3c2cc1OC. The fraction of sp³-hybridized carbons (Fsp3) is 0.241. The third-order valence-electron chi connectivity index (χ3n) is 6.41. The lowest BCUT2D eigenvalue weighted by molar-refractivity contribution is 0.232. The number of methoxy groups -OCH3 is 2. The van der Waals surface area contributed by atoms with Gasteiger partial charge in [0, 0.05) is 60.3 Å². The minimum atomic E-state index is -0.185. The van der Waals surface area contributed by atoms with Crippen LogP contribution in [0.2, 0.25) is 0 Å². The number of fused-ring (bicyclic) bond motifs is 3. The lowest BCUT2D eigenvalue weighted by Gasteiger charge is -2.21. The maximum Gasteiger partial charge on any atom is 0.162 e. The van der Waals surface area contributed by atoms with Crippen molar-refractivity contribution in [3.63, 3.8) is 0 Å². The van der Waals surface area contributed by atoms with E-state index in [1.807, 2.05) is 49.6 Å². The Bertz CT molecular complexity index is 1600. The van der Waals surface area contributed by atoms with Gasteiger partial charge in [-0.3, -0.25) is 15.0 Å². The zero-order valence-electron chi connectivity index (χ0n) is 22.2. The second-order valence-corrected chi connectivity index (χ2v) is 9.37. The monoisotopic (exact) mass is 525 g/mol. The van der Waals surface area contributed by atoms with Gasteiger partial charge in [0.25, 0.3) is 0 Å². The number of benzene rings is 1. The highest BCUT2D eigenvalue weighted by Crippen LogP contribution is 2.37. The molecule has 10 nitrogen and oxygen atoms in total. The number of nitrogens with two attached hydrogens (primary N) is 2. The van der Waals surface area contributed by atoms with Gasteiger partial charge in [-0.2, -0.15) is 0 Å². The van der Waals surface area contributed by atoms with Gasteiger partial charge in [-0.05, 0) is 42.3 Å². The maximum absolute atomic E-state index is 6.37. The average Bonchev–Trinajstić information content (AvgIpc) is 2.95. The van der Waals surface area contributed by atoms with Crippen LogP contribution in [0.3, 0.4) is 0 Å². The molecule has 39 heavy (non-hydrogen) atoms. The first-order valence-corrected chi connectivity index (χ1v) is 12.5. The first-order valence-electron chi connectivity index (χ1n) is 12.5. The van der Waals surface area contributed by atoms with Gasteiger partial charge < -0.3 is 30.6 Å². The van der Waals surface area contributed by atoms with Crippen LogP contribution in [0.15, 0.2) is 67.4 Å². The zero-order valence-corrected chi connectivity index (χ0v) is 22.2. The highest BCUT2D eigenvalue weighted by atomic mass is 16.5. The van der Waals surface area contributed by atoms with Gasteiger partial charge >= 0.3 is 0 Å². The van der Waals surface area contributed by atoms with E-state index in [-0.39, 0.29) is 6.04 Å². The highest BCUT2D eigenvalue weighted by molar-refractivity contribution is 6.10. The van der Waals surface area contributed by atoms with Crippen LogP contribution in [0.25, 0.3) is 32.9 Å². The van der Waals surface area contributed by atoms with Crippen molar-refractivity contribution in [2.45, 2.75) is 12.6 Å². The second-order valence-electron chi connectivity index (χ2n) is 9.37. The van der Waals surface area contributed by atoms with Crippen LogP contribution in [0.1, 0.15) is 5.56 Å². The third-order valence-corrected chi connectivity index (χ3v) is 6.41. The molecule has 0 fully saturated rings. The number of nitrogens with zero attached hydrogens (tertiary/aromatic N) is 5. The summed E-state index contributed by atoms with van der Waals surface area (Å²) >= 11 is 0. The largest absolute Gasteiger partial charge is 0.493 e. The Balaban J connectivity index is 1.36. The maximum atomic E-state index is 6.37. The molecule has 4 N–H and O–H groups in total. The number of hydrogen-bond acceptors (Lipinski definition) is 10. The van der Waals surface area contributed by atoms with Crippen molar-refractivity contribution in [1.82, 2.24) is 24.8 Å². The molecule has 10 heteroatoms. The number of ether oxygens (including phenoxy) is 3. The van der Waals surface area contributed by atoms with E-state index in [0.717, 1.165) is 39.3 Å². The van der Waals surface area contributed by atoms with E-state index in [1.54, 1.807) is 39.0 Å². The molecule has 0 spiro atoms. The Morgan fingerprint density at radius 3 is 2.51 bits per heavy atom. The van der Waals surface area contributed by atoms with E-state index in [9.17, 15) is 0 Å². The number of likely N-dealkylation sites (N-methyl/N-ethyl adjacent to an activating group) is 1. The molecule has 0 radical (unpaired) electrons. The number of anilines is 1. The molecular formula is C29H31N7O3. The molecule has 4 aromatic heterocycles. The van der Waals surface area contributed by atoms with E-state index in [1.165, 1.54) is 0 Å². The molecule has 0 aliphatic rings. The van der Waals surface area contributed by atoms with Crippen molar-refractivity contribution in [2.24, 2.45) is 5.73 Å². The summed E-state index contributed by atoms with van der Waals surface area (Å²) in [6.07, 6.45) is 8.74. The number of pyridine rings is 4. The molecule has 0 aliphatic carbocycles. The van der Waals surface area contributed by atoms with Gasteiger partial charge in [0.05, 0.1) is 37.7 Å². The molecule has 4 heterocycles. The lowest BCUT2D eigenvalue weighted by atomic mass is 10.0. The van der Waals surface area contributed by atoms with Crippen LogP contribution in [0, 0.1) is 0 Å². The number of nitrogen functional groups attached to an aromatic ring is 1. The molecule has 0 bridgehead atoms. The molecule has 0 saturated heterocycles. The molecule has 0 amide bonds. The molecule has 0 unspecified atom stereocenters. The minimum Gasteiger partial charge on any atom is -0.493 e. The molecule has 1 aromatic carbocycles.